The van der Waals surface area contributed by atoms with Gasteiger partial charge in [0.25, 0.3) is 5.91 Å². The van der Waals surface area contributed by atoms with Crippen LogP contribution in [-0.4, -0.2) is 81.0 Å². The molecule has 2 aliphatic heterocycles. The monoisotopic (exact) mass is 418 g/mol. The van der Waals surface area contributed by atoms with E-state index >= 15 is 0 Å². The fourth-order valence-corrected chi connectivity index (χ4v) is 3.07. The molecule has 0 spiro atoms. The molecule has 1 aromatic rings. The van der Waals surface area contributed by atoms with Crippen LogP contribution in [0.1, 0.15) is 18.4 Å². The zero-order chi connectivity index (χ0) is 21.2. The fraction of sp³-hybridized carbons (Fsp3) is 0.500. The summed E-state index contributed by atoms with van der Waals surface area (Å²) >= 11 is 0. The summed E-state index contributed by atoms with van der Waals surface area (Å²) in [6.07, 6.45) is 3.13. The fourth-order valence-electron chi connectivity index (χ4n) is 3.07. The lowest BCUT2D eigenvalue weighted by molar-refractivity contribution is -0.139. The van der Waals surface area contributed by atoms with Crippen LogP contribution in [0.25, 0.3) is 0 Å². The Morgan fingerprint density at radius 3 is 2.73 bits per heavy atom. The largest absolute Gasteiger partial charge is 0.483 e. The Kier molecular flexibility index (Phi) is 8.16. The Bertz CT molecular complexity index is 772. The van der Waals surface area contributed by atoms with Crippen LogP contribution in [0.15, 0.2) is 29.4 Å². The van der Waals surface area contributed by atoms with Gasteiger partial charge in [-0.3, -0.25) is 14.4 Å². The summed E-state index contributed by atoms with van der Waals surface area (Å²) in [4.78, 5) is 37.6. The van der Waals surface area contributed by atoms with Crippen molar-refractivity contribution in [3.8, 4) is 5.75 Å². The molecule has 0 unspecified atom stereocenters. The van der Waals surface area contributed by atoms with Gasteiger partial charge < -0.3 is 24.4 Å². The molecule has 10 heteroatoms. The highest BCUT2D eigenvalue weighted by Crippen LogP contribution is 2.16. The topological polar surface area (TPSA) is 119 Å². The van der Waals surface area contributed by atoms with Crippen LogP contribution in [-0.2, 0) is 23.9 Å². The number of rotatable bonds is 7. The quantitative estimate of drug-likeness (QED) is 0.356. The predicted octanol–water partition coefficient (Wildman–Crippen LogP) is -0.330. The average Bonchev–Trinajstić information content (AvgIpc) is 3.30. The second-order valence-electron chi connectivity index (χ2n) is 6.86. The van der Waals surface area contributed by atoms with Crippen LogP contribution in [0.2, 0.25) is 0 Å². The molecule has 2 aliphatic rings. The number of carbonyl (C=O) groups excluding carboxylic acids is 3. The summed E-state index contributed by atoms with van der Waals surface area (Å²) in [7, 11) is 0. The van der Waals surface area contributed by atoms with Gasteiger partial charge in [0.15, 0.2) is 6.61 Å². The van der Waals surface area contributed by atoms with Crippen LogP contribution in [0.4, 0.5) is 0 Å². The predicted molar refractivity (Wildman–Crippen MR) is 107 cm³/mol. The molecule has 162 valence electrons. The Hall–Kier alpha value is -2.98. The summed E-state index contributed by atoms with van der Waals surface area (Å²) in [5.41, 5.74) is 2.75. The van der Waals surface area contributed by atoms with Crippen molar-refractivity contribution in [1.29, 1.82) is 0 Å². The number of morpholine rings is 1. The highest BCUT2D eigenvalue weighted by atomic mass is 16.5. The molecule has 2 N–H and O–H groups in total. The van der Waals surface area contributed by atoms with E-state index < -0.39 is 11.8 Å². The Morgan fingerprint density at radius 1 is 1.17 bits per heavy atom. The molecule has 3 amide bonds. The SMILES string of the molecule is O=C(NC[C@@H]1CCCO1)C(=O)N/N=C\c1ccccc1OCC(=O)N1CCOCC1. The minimum Gasteiger partial charge on any atom is -0.483 e. The van der Waals surface area contributed by atoms with Gasteiger partial charge >= 0.3 is 11.8 Å². The van der Waals surface area contributed by atoms with Crippen molar-refractivity contribution in [2.24, 2.45) is 5.10 Å². The van der Waals surface area contributed by atoms with Crippen molar-refractivity contribution in [2.75, 3.05) is 46.1 Å². The molecule has 3 rings (SSSR count). The third-order valence-corrected chi connectivity index (χ3v) is 4.72. The van der Waals surface area contributed by atoms with Crippen molar-refractivity contribution in [3.05, 3.63) is 29.8 Å². The number of para-hydroxylation sites is 1. The van der Waals surface area contributed by atoms with Crippen LogP contribution in [0.3, 0.4) is 0 Å². The summed E-state index contributed by atoms with van der Waals surface area (Å²) in [5.74, 6) is -1.32. The number of carbonyl (C=O) groups is 3. The minimum atomic E-state index is -0.870. The van der Waals surface area contributed by atoms with Crippen LogP contribution in [0, 0.1) is 0 Å². The maximum atomic E-state index is 12.2. The molecule has 0 bridgehead atoms. The second-order valence-corrected chi connectivity index (χ2v) is 6.86. The van der Waals surface area contributed by atoms with Gasteiger partial charge in [-0.2, -0.15) is 5.10 Å². The van der Waals surface area contributed by atoms with Crippen LogP contribution in [0.5, 0.6) is 5.75 Å². The van der Waals surface area contributed by atoms with E-state index in [0.717, 1.165) is 12.8 Å². The van der Waals surface area contributed by atoms with Crippen LogP contribution >= 0.6 is 0 Å². The molecule has 0 aliphatic carbocycles. The number of amides is 3. The molecule has 0 saturated carbocycles. The average molecular weight is 418 g/mol. The normalized spacial score (nSPS) is 18.9. The van der Waals surface area contributed by atoms with Crippen molar-refractivity contribution in [1.82, 2.24) is 15.6 Å². The molecular formula is C20H26N4O6. The third kappa shape index (κ3) is 6.53. The number of nitrogens with zero attached hydrogens (tertiary/aromatic N) is 2. The molecule has 2 saturated heterocycles. The van der Waals surface area contributed by atoms with Gasteiger partial charge in [0.2, 0.25) is 0 Å². The third-order valence-electron chi connectivity index (χ3n) is 4.72. The lowest BCUT2D eigenvalue weighted by atomic mass is 10.2. The standard InChI is InChI=1S/C20H26N4O6/c25-18(24-7-10-28-11-8-24)14-30-17-6-2-1-4-15(17)12-22-23-20(27)19(26)21-13-16-5-3-9-29-16/h1-2,4,6,12,16H,3,5,7-11,13-14H2,(H,21,26)(H,23,27)/b22-12-/t16-/m0/s1. The summed E-state index contributed by atoms with van der Waals surface area (Å²) in [6, 6.07) is 6.96. The van der Waals surface area contributed by atoms with Crippen molar-refractivity contribution >= 4 is 23.9 Å². The second kappa shape index (κ2) is 11.3. The number of nitrogens with one attached hydrogen (secondary N) is 2. The van der Waals surface area contributed by atoms with Gasteiger partial charge in [-0.1, -0.05) is 12.1 Å². The van der Waals surface area contributed by atoms with Crippen LogP contribution < -0.4 is 15.5 Å². The minimum absolute atomic E-state index is 0.0468. The Labute approximate surface area is 174 Å². The van der Waals surface area contributed by atoms with E-state index in [-0.39, 0.29) is 18.6 Å². The van der Waals surface area contributed by atoms with E-state index in [9.17, 15) is 14.4 Å². The van der Waals surface area contributed by atoms with E-state index in [1.54, 1.807) is 29.2 Å². The molecule has 10 nitrogen and oxygen atoms in total. The van der Waals surface area contributed by atoms with Gasteiger partial charge in [-0.15, -0.1) is 0 Å². The molecule has 0 radical (unpaired) electrons. The number of ether oxygens (including phenoxy) is 3. The van der Waals surface area contributed by atoms with E-state index in [1.165, 1.54) is 6.21 Å². The summed E-state index contributed by atoms with van der Waals surface area (Å²) < 4.78 is 16.2. The first-order valence-electron chi connectivity index (χ1n) is 9.93. The van der Waals surface area contributed by atoms with Crippen molar-refractivity contribution in [2.45, 2.75) is 18.9 Å². The first kappa shape index (κ1) is 21.7. The zero-order valence-electron chi connectivity index (χ0n) is 16.7. The van der Waals surface area contributed by atoms with Gasteiger partial charge in [-0.25, -0.2) is 5.43 Å². The Balaban J connectivity index is 1.46. The van der Waals surface area contributed by atoms with Crippen molar-refractivity contribution in [3.63, 3.8) is 0 Å². The van der Waals surface area contributed by atoms with E-state index in [1.807, 2.05) is 0 Å². The number of hydrogen-bond donors (Lipinski definition) is 2. The van der Waals surface area contributed by atoms with Gasteiger partial charge in [0.1, 0.15) is 5.75 Å². The van der Waals surface area contributed by atoms with Gasteiger partial charge in [-0.05, 0) is 25.0 Å². The van der Waals surface area contributed by atoms with Crippen molar-refractivity contribution < 1.29 is 28.6 Å². The molecule has 2 fully saturated rings. The van der Waals surface area contributed by atoms with E-state index in [0.29, 0.717) is 50.8 Å². The maximum absolute atomic E-state index is 12.2. The van der Waals surface area contributed by atoms with E-state index in [4.69, 9.17) is 14.2 Å². The first-order chi connectivity index (χ1) is 14.6. The van der Waals surface area contributed by atoms with E-state index in [2.05, 4.69) is 15.8 Å². The molecule has 1 atom stereocenters. The highest BCUT2D eigenvalue weighted by molar-refractivity contribution is 6.35. The summed E-state index contributed by atoms with van der Waals surface area (Å²) in [6.45, 7) is 3.01. The number of hydrogen-bond acceptors (Lipinski definition) is 7. The molecular weight excluding hydrogens is 392 g/mol. The summed E-state index contributed by atoms with van der Waals surface area (Å²) in [5, 5.41) is 6.33. The van der Waals surface area contributed by atoms with Gasteiger partial charge in [0, 0.05) is 31.8 Å². The number of hydrazone groups is 1. The lowest BCUT2D eigenvalue weighted by Gasteiger charge is -2.26. The lowest BCUT2D eigenvalue weighted by Crippen LogP contribution is -2.43. The maximum Gasteiger partial charge on any atom is 0.329 e. The Morgan fingerprint density at radius 2 is 1.97 bits per heavy atom. The highest BCUT2D eigenvalue weighted by Gasteiger charge is 2.19. The number of benzene rings is 1. The zero-order valence-corrected chi connectivity index (χ0v) is 16.7. The smallest absolute Gasteiger partial charge is 0.329 e. The first-order valence-corrected chi connectivity index (χ1v) is 9.93. The molecule has 2 heterocycles. The molecule has 0 aromatic heterocycles. The van der Waals surface area contributed by atoms with Gasteiger partial charge in [0.05, 0.1) is 25.5 Å². The molecule has 1 aromatic carbocycles. The molecule has 30 heavy (non-hydrogen) atoms.